The molecule has 18 heavy (non-hydrogen) atoms. The van der Waals surface area contributed by atoms with E-state index in [1.54, 1.807) is 6.92 Å². The summed E-state index contributed by atoms with van der Waals surface area (Å²) in [6, 6.07) is 4.56. The lowest BCUT2D eigenvalue weighted by molar-refractivity contribution is -0.117. The van der Waals surface area contributed by atoms with E-state index in [4.69, 9.17) is 0 Å². The van der Waals surface area contributed by atoms with Gasteiger partial charge in [0.2, 0.25) is 0 Å². The summed E-state index contributed by atoms with van der Waals surface area (Å²) in [5, 5.41) is 0. The highest BCUT2D eigenvalue weighted by atomic mass is 16.1. The Kier molecular flexibility index (Phi) is 5.54. The molecule has 1 rings (SSSR count). The van der Waals surface area contributed by atoms with E-state index in [-0.39, 0.29) is 5.78 Å². The summed E-state index contributed by atoms with van der Waals surface area (Å²) < 4.78 is 0. The Hall–Kier alpha value is -1.15. The van der Waals surface area contributed by atoms with Gasteiger partial charge in [-0.3, -0.25) is 4.79 Å². The number of hydrogen-bond donors (Lipinski definition) is 0. The zero-order valence-corrected chi connectivity index (χ0v) is 12.3. The average Bonchev–Trinajstić information content (AvgIpc) is 2.29. The number of rotatable bonds is 6. The average molecular weight is 247 g/mol. The molecule has 0 unspecified atom stereocenters. The number of aryl methyl sites for hydroxylation is 3. The molecule has 0 aliphatic carbocycles. The van der Waals surface area contributed by atoms with Gasteiger partial charge in [0, 0.05) is 19.5 Å². The predicted molar refractivity (Wildman–Crippen MR) is 77.2 cm³/mol. The molecule has 0 radical (unpaired) electrons. The Labute approximate surface area is 111 Å². The number of carbonyl (C=O) groups is 1. The first-order chi connectivity index (χ1) is 8.40. The quantitative estimate of drug-likeness (QED) is 0.770. The fourth-order valence-electron chi connectivity index (χ4n) is 2.06. The number of nitrogens with zero attached hydrogens (tertiary/aromatic N) is 1. The van der Waals surface area contributed by atoms with Crippen molar-refractivity contribution in [1.29, 1.82) is 0 Å². The normalized spacial score (nSPS) is 11.0. The van der Waals surface area contributed by atoms with Gasteiger partial charge in [-0.1, -0.05) is 12.1 Å². The maximum Gasteiger partial charge on any atom is 0.131 e. The van der Waals surface area contributed by atoms with Gasteiger partial charge in [-0.05, 0) is 63.4 Å². The summed E-state index contributed by atoms with van der Waals surface area (Å²) in [6.07, 6.45) is 1.71. The maximum absolute atomic E-state index is 10.9. The minimum atomic E-state index is 0.268. The number of hydrogen-bond acceptors (Lipinski definition) is 2. The lowest BCUT2D eigenvalue weighted by Crippen LogP contribution is -2.24. The zero-order chi connectivity index (χ0) is 13.7. The molecule has 2 heteroatoms. The Balaban J connectivity index is 2.53. The van der Waals surface area contributed by atoms with Crippen molar-refractivity contribution < 1.29 is 4.79 Å². The molecule has 0 fully saturated rings. The molecular weight excluding hydrogens is 222 g/mol. The van der Waals surface area contributed by atoms with Gasteiger partial charge >= 0.3 is 0 Å². The molecular formula is C16H25NO. The van der Waals surface area contributed by atoms with Crippen molar-refractivity contribution >= 4 is 5.78 Å². The van der Waals surface area contributed by atoms with Gasteiger partial charge in [-0.2, -0.15) is 0 Å². The zero-order valence-electron chi connectivity index (χ0n) is 12.3. The van der Waals surface area contributed by atoms with Gasteiger partial charge in [0.1, 0.15) is 5.78 Å². The smallest absolute Gasteiger partial charge is 0.131 e. The second-order valence-corrected chi connectivity index (χ2v) is 5.37. The van der Waals surface area contributed by atoms with E-state index in [9.17, 15) is 4.79 Å². The van der Waals surface area contributed by atoms with Crippen molar-refractivity contribution in [1.82, 2.24) is 4.90 Å². The third-order valence-corrected chi connectivity index (χ3v) is 3.56. The van der Waals surface area contributed by atoms with E-state index >= 15 is 0 Å². The van der Waals surface area contributed by atoms with E-state index in [1.165, 1.54) is 22.3 Å². The SMILES string of the molecule is CC(=O)CCN(C)CCc1cc(C)c(C)cc1C. The summed E-state index contributed by atoms with van der Waals surface area (Å²) in [5.74, 6) is 0.268. The highest BCUT2D eigenvalue weighted by Crippen LogP contribution is 2.16. The molecule has 0 aliphatic heterocycles. The second-order valence-electron chi connectivity index (χ2n) is 5.37. The molecule has 100 valence electrons. The van der Waals surface area contributed by atoms with Crippen molar-refractivity contribution in [2.75, 3.05) is 20.1 Å². The molecule has 2 nitrogen and oxygen atoms in total. The summed E-state index contributed by atoms with van der Waals surface area (Å²) in [7, 11) is 2.08. The van der Waals surface area contributed by atoms with E-state index in [1.807, 2.05) is 0 Å². The first-order valence-electron chi connectivity index (χ1n) is 6.65. The standard InChI is InChI=1S/C16H25NO/c1-12-10-14(3)16(11-13(12)2)7-9-17(5)8-6-15(4)18/h10-11H,6-9H2,1-5H3. The van der Waals surface area contributed by atoms with Gasteiger partial charge in [0.05, 0.1) is 0 Å². The van der Waals surface area contributed by atoms with Crippen LogP contribution >= 0.6 is 0 Å². The molecule has 0 bridgehead atoms. The van der Waals surface area contributed by atoms with Crippen LogP contribution in [0, 0.1) is 20.8 Å². The van der Waals surface area contributed by atoms with Crippen molar-refractivity contribution in [3.8, 4) is 0 Å². The molecule has 0 spiro atoms. The van der Waals surface area contributed by atoms with Gasteiger partial charge in [-0.15, -0.1) is 0 Å². The lowest BCUT2D eigenvalue weighted by atomic mass is 9.99. The summed E-state index contributed by atoms with van der Waals surface area (Å²) in [6.45, 7) is 10.0. The van der Waals surface area contributed by atoms with Gasteiger partial charge < -0.3 is 4.90 Å². The molecule has 1 aromatic rings. The highest BCUT2D eigenvalue weighted by molar-refractivity contribution is 5.75. The monoisotopic (exact) mass is 247 g/mol. The second kappa shape index (κ2) is 6.69. The van der Waals surface area contributed by atoms with Crippen LogP contribution in [0.3, 0.4) is 0 Å². The molecule has 0 saturated carbocycles. The van der Waals surface area contributed by atoms with Gasteiger partial charge in [0.25, 0.3) is 0 Å². The number of ketones is 1. The minimum absolute atomic E-state index is 0.268. The molecule has 0 saturated heterocycles. The van der Waals surface area contributed by atoms with Crippen LogP contribution in [0.2, 0.25) is 0 Å². The fraction of sp³-hybridized carbons (Fsp3) is 0.562. The summed E-state index contributed by atoms with van der Waals surface area (Å²) in [4.78, 5) is 13.2. The molecule has 0 N–H and O–H groups in total. The van der Waals surface area contributed by atoms with Crippen LogP contribution in [0.5, 0.6) is 0 Å². The number of Topliss-reactive ketones (excluding diaryl/α,β-unsaturated/α-hetero) is 1. The van der Waals surface area contributed by atoms with Crippen LogP contribution in [0.1, 0.15) is 35.6 Å². The molecule has 0 aromatic heterocycles. The van der Waals surface area contributed by atoms with Crippen LogP contribution in [-0.4, -0.2) is 30.8 Å². The van der Waals surface area contributed by atoms with E-state index in [0.29, 0.717) is 6.42 Å². The lowest BCUT2D eigenvalue weighted by Gasteiger charge is -2.17. The highest BCUT2D eigenvalue weighted by Gasteiger charge is 2.05. The maximum atomic E-state index is 10.9. The predicted octanol–water partition coefficient (Wildman–Crippen LogP) is 3.07. The van der Waals surface area contributed by atoms with Crippen LogP contribution < -0.4 is 0 Å². The Bertz CT molecular complexity index is 423. The van der Waals surface area contributed by atoms with Crippen LogP contribution in [0.25, 0.3) is 0 Å². The molecule has 1 aromatic carbocycles. The van der Waals surface area contributed by atoms with E-state index in [0.717, 1.165) is 19.5 Å². The van der Waals surface area contributed by atoms with Crippen LogP contribution in [0.15, 0.2) is 12.1 Å². The third-order valence-electron chi connectivity index (χ3n) is 3.56. The van der Waals surface area contributed by atoms with Crippen LogP contribution in [-0.2, 0) is 11.2 Å². The van der Waals surface area contributed by atoms with Crippen molar-refractivity contribution in [2.24, 2.45) is 0 Å². The first-order valence-corrected chi connectivity index (χ1v) is 6.65. The van der Waals surface area contributed by atoms with Gasteiger partial charge in [-0.25, -0.2) is 0 Å². The van der Waals surface area contributed by atoms with Crippen molar-refractivity contribution in [3.63, 3.8) is 0 Å². The third kappa shape index (κ3) is 4.61. The van der Waals surface area contributed by atoms with Gasteiger partial charge in [0.15, 0.2) is 0 Å². The molecule has 0 heterocycles. The van der Waals surface area contributed by atoms with Crippen molar-refractivity contribution in [2.45, 2.75) is 40.5 Å². The minimum Gasteiger partial charge on any atom is -0.306 e. The van der Waals surface area contributed by atoms with E-state index < -0.39 is 0 Å². The molecule has 0 amide bonds. The molecule has 0 aliphatic rings. The van der Waals surface area contributed by atoms with E-state index in [2.05, 4.69) is 44.9 Å². The largest absolute Gasteiger partial charge is 0.306 e. The number of carbonyl (C=O) groups excluding carboxylic acids is 1. The molecule has 0 atom stereocenters. The number of likely N-dealkylation sites (N-methyl/N-ethyl adjacent to an activating group) is 1. The Morgan fingerprint density at radius 2 is 1.67 bits per heavy atom. The fourth-order valence-corrected chi connectivity index (χ4v) is 2.06. The van der Waals surface area contributed by atoms with Crippen LogP contribution in [0.4, 0.5) is 0 Å². The summed E-state index contributed by atoms with van der Waals surface area (Å²) >= 11 is 0. The number of benzene rings is 1. The van der Waals surface area contributed by atoms with Crippen molar-refractivity contribution in [3.05, 3.63) is 34.4 Å². The topological polar surface area (TPSA) is 20.3 Å². The summed E-state index contributed by atoms with van der Waals surface area (Å²) in [5.41, 5.74) is 5.52. The Morgan fingerprint density at radius 1 is 1.06 bits per heavy atom. The first kappa shape index (κ1) is 14.9. The Morgan fingerprint density at radius 3 is 2.28 bits per heavy atom.